The molecule has 3 atom stereocenters. The van der Waals surface area contributed by atoms with Gasteiger partial charge >= 0.3 is 0 Å². The van der Waals surface area contributed by atoms with E-state index in [0.717, 1.165) is 5.92 Å². The van der Waals surface area contributed by atoms with Crippen molar-refractivity contribution in [2.45, 2.75) is 32.8 Å². The Hall–Kier alpha value is -0.340. The van der Waals surface area contributed by atoms with E-state index in [2.05, 4.69) is 25.2 Å². The number of aliphatic hydroxyl groups excluding tert-OH is 1. The molecule has 2 bridgehead atoms. The molecule has 3 rings (SSSR count). The molecular weight excluding hydrogens is 174 g/mol. The summed E-state index contributed by atoms with van der Waals surface area (Å²) < 4.78 is 0. The molecule has 0 spiro atoms. The summed E-state index contributed by atoms with van der Waals surface area (Å²) in [6, 6.07) is 0. The first-order chi connectivity index (χ1) is 6.57. The molecule has 2 N–H and O–H groups in total. The van der Waals surface area contributed by atoms with E-state index in [1.807, 2.05) is 7.05 Å². The SMILES string of the molecule is CNCC(O)C1=CCC2CC1C2(C)C. The Bertz CT molecular complexity index is 257. The fourth-order valence-corrected chi connectivity index (χ4v) is 3.08. The first kappa shape index (κ1) is 10.2. The van der Waals surface area contributed by atoms with E-state index < -0.39 is 0 Å². The number of likely N-dealkylation sites (N-methyl/N-ethyl adjacent to an activating group) is 1. The van der Waals surface area contributed by atoms with Gasteiger partial charge in [-0.2, -0.15) is 0 Å². The Morgan fingerprint density at radius 3 is 2.86 bits per heavy atom. The second-order valence-electron chi connectivity index (χ2n) is 5.32. The van der Waals surface area contributed by atoms with Crippen molar-refractivity contribution in [2.75, 3.05) is 13.6 Å². The highest BCUT2D eigenvalue weighted by Gasteiger charge is 2.52. The number of fused-ring (bicyclic) bond motifs is 1. The quantitative estimate of drug-likeness (QED) is 0.670. The van der Waals surface area contributed by atoms with Crippen molar-refractivity contribution >= 4 is 0 Å². The van der Waals surface area contributed by atoms with Crippen LogP contribution < -0.4 is 5.32 Å². The lowest BCUT2D eigenvalue weighted by Gasteiger charge is -2.57. The molecule has 1 fully saturated rings. The Morgan fingerprint density at radius 2 is 2.36 bits per heavy atom. The molecule has 2 heteroatoms. The number of nitrogens with one attached hydrogen (secondary N) is 1. The molecule has 0 aromatic rings. The van der Waals surface area contributed by atoms with Crippen LogP contribution in [0.1, 0.15) is 26.7 Å². The molecular formula is C12H21NO. The summed E-state index contributed by atoms with van der Waals surface area (Å²) in [7, 11) is 1.89. The van der Waals surface area contributed by atoms with Crippen molar-refractivity contribution in [1.82, 2.24) is 5.32 Å². The summed E-state index contributed by atoms with van der Waals surface area (Å²) in [5, 5.41) is 13.0. The highest BCUT2D eigenvalue weighted by molar-refractivity contribution is 5.26. The fraction of sp³-hybridized carbons (Fsp3) is 0.833. The summed E-state index contributed by atoms with van der Waals surface area (Å²) in [5.41, 5.74) is 1.71. The van der Waals surface area contributed by atoms with Gasteiger partial charge in [0.05, 0.1) is 6.10 Å². The molecule has 3 unspecified atom stereocenters. The van der Waals surface area contributed by atoms with Crippen LogP contribution in [-0.2, 0) is 0 Å². The number of rotatable bonds is 3. The zero-order valence-electron chi connectivity index (χ0n) is 9.38. The van der Waals surface area contributed by atoms with E-state index in [4.69, 9.17) is 0 Å². The van der Waals surface area contributed by atoms with Crippen LogP contribution in [0.5, 0.6) is 0 Å². The van der Waals surface area contributed by atoms with E-state index >= 15 is 0 Å². The summed E-state index contributed by atoms with van der Waals surface area (Å²) >= 11 is 0. The number of hydrogen-bond donors (Lipinski definition) is 2. The van der Waals surface area contributed by atoms with Gasteiger partial charge in [-0.05, 0) is 42.7 Å². The third-order valence-corrected chi connectivity index (χ3v) is 4.29. The maximum Gasteiger partial charge on any atom is 0.0877 e. The molecule has 3 aliphatic carbocycles. The Labute approximate surface area is 86.4 Å². The fourth-order valence-electron chi connectivity index (χ4n) is 3.08. The van der Waals surface area contributed by atoms with E-state index in [1.165, 1.54) is 18.4 Å². The van der Waals surface area contributed by atoms with E-state index in [1.54, 1.807) is 0 Å². The van der Waals surface area contributed by atoms with Gasteiger partial charge in [0.15, 0.2) is 0 Å². The third-order valence-electron chi connectivity index (χ3n) is 4.29. The first-order valence-electron chi connectivity index (χ1n) is 5.60. The molecule has 0 aromatic heterocycles. The molecule has 2 nitrogen and oxygen atoms in total. The zero-order valence-corrected chi connectivity index (χ0v) is 9.38. The lowest BCUT2D eigenvalue weighted by Crippen LogP contribution is -2.50. The van der Waals surface area contributed by atoms with E-state index in [9.17, 15) is 5.11 Å². The third kappa shape index (κ3) is 1.32. The van der Waals surface area contributed by atoms with Gasteiger partial charge in [-0.15, -0.1) is 0 Å². The van der Waals surface area contributed by atoms with Crippen LogP contribution in [0, 0.1) is 17.3 Å². The lowest BCUT2D eigenvalue weighted by molar-refractivity contribution is -0.0212. The van der Waals surface area contributed by atoms with Crippen molar-refractivity contribution in [3.05, 3.63) is 11.6 Å². The summed E-state index contributed by atoms with van der Waals surface area (Å²) in [4.78, 5) is 0. The van der Waals surface area contributed by atoms with Crippen LogP contribution in [0.4, 0.5) is 0 Å². The van der Waals surface area contributed by atoms with Crippen molar-refractivity contribution in [3.63, 3.8) is 0 Å². The molecule has 0 saturated heterocycles. The first-order valence-corrected chi connectivity index (χ1v) is 5.60. The highest BCUT2D eigenvalue weighted by Crippen LogP contribution is 2.59. The zero-order chi connectivity index (χ0) is 10.3. The van der Waals surface area contributed by atoms with E-state index in [0.29, 0.717) is 17.9 Å². The average molecular weight is 195 g/mol. The molecule has 3 aliphatic rings. The summed E-state index contributed by atoms with van der Waals surface area (Å²) in [5.74, 6) is 1.49. The highest BCUT2D eigenvalue weighted by atomic mass is 16.3. The molecule has 0 aromatic carbocycles. The van der Waals surface area contributed by atoms with Crippen LogP contribution in [0.2, 0.25) is 0 Å². The largest absolute Gasteiger partial charge is 0.387 e. The Kier molecular flexibility index (Phi) is 2.44. The van der Waals surface area contributed by atoms with Gasteiger partial charge in [0.1, 0.15) is 0 Å². The van der Waals surface area contributed by atoms with Crippen LogP contribution >= 0.6 is 0 Å². The molecule has 80 valence electrons. The number of allylic oxidation sites excluding steroid dienone is 1. The van der Waals surface area contributed by atoms with Gasteiger partial charge in [0.2, 0.25) is 0 Å². The van der Waals surface area contributed by atoms with Crippen LogP contribution in [-0.4, -0.2) is 24.8 Å². The molecule has 1 saturated carbocycles. The van der Waals surface area contributed by atoms with Gasteiger partial charge in [0, 0.05) is 6.54 Å². The molecule has 0 heterocycles. The van der Waals surface area contributed by atoms with Crippen molar-refractivity contribution in [2.24, 2.45) is 17.3 Å². The smallest absolute Gasteiger partial charge is 0.0877 e. The monoisotopic (exact) mass is 195 g/mol. The van der Waals surface area contributed by atoms with Crippen molar-refractivity contribution in [3.8, 4) is 0 Å². The van der Waals surface area contributed by atoms with Crippen molar-refractivity contribution < 1.29 is 5.11 Å². The van der Waals surface area contributed by atoms with Crippen molar-refractivity contribution in [1.29, 1.82) is 0 Å². The number of hydrogen-bond acceptors (Lipinski definition) is 2. The molecule has 0 amide bonds. The maximum atomic E-state index is 9.97. The molecule has 0 aliphatic heterocycles. The minimum atomic E-state index is -0.273. The van der Waals surface area contributed by atoms with Gasteiger partial charge < -0.3 is 10.4 Å². The minimum absolute atomic E-state index is 0.273. The number of aliphatic hydroxyl groups is 1. The van der Waals surface area contributed by atoms with Gasteiger partial charge in [-0.25, -0.2) is 0 Å². The minimum Gasteiger partial charge on any atom is -0.387 e. The maximum absolute atomic E-state index is 9.97. The van der Waals surface area contributed by atoms with Gasteiger partial charge in [0.25, 0.3) is 0 Å². The van der Waals surface area contributed by atoms with Gasteiger partial charge in [-0.3, -0.25) is 0 Å². The Morgan fingerprint density at radius 1 is 1.64 bits per heavy atom. The summed E-state index contributed by atoms with van der Waals surface area (Å²) in [6.45, 7) is 5.36. The molecule has 14 heavy (non-hydrogen) atoms. The predicted octanol–water partition coefficient (Wildman–Crippen LogP) is 1.56. The van der Waals surface area contributed by atoms with E-state index in [-0.39, 0.29) is 6.10 Å². The average Bonchev–Trinajstić information content (AvgIpc) is 2.18. The normalized spacial score (nSPS) is 35.9. The topological polar surface area (TPSA) is 32.3 Å². The second kappa shape index (κ2) is 3.35. The lowest BCUT2D eigenvalue weighted by atomic mass is 9.48. The van der Waals surface area contributed by atoms with Crippen LogP contribution in [0.3, 0.4) is 0 Å². The van der Waals surface area contributed by atoms with Gasteiger partial charge in [-0.1, -0.05) is 19.9 Å². The Balaban J connectivity index is 2.10. The summed E-state index contributed by atoms with van der Waals surface area (Å²) in [6.07, 6.45) is 4.45. The standard InChI is InChI=1S/C12H21NO/c1-12(2)8-4-5-9(10(12)6-8)11(14)7-13-3/h5,8,10-11,13-14H,4,6-7H2,1-3H3. The predicted molar refractivity (Wildman–Crippen MR) is 58.0 cm³/mol. The molecule has 0 radical (unpaired) electrons. The second-order valence-corrected chi connectivity index (χ2v) is 5.32. The van der Waals surface area contributed by atoms with Crippen LogP contribution in [0.25, 0.3) is 0 Å². The van der Waals surface area contributed by atoms with Crippen LogP contribution in [0.15, 0.2) is 11.6 Å².